The first-order valence-electron chi connectivity index (χ1n) is 3.28. The van der Waals surface area contributed by atoms with Crippen molar-refractivity contribution >= 4 is 8.25 Å². The van der Waals surface area contributed by atoms with E-state index in [0.717, 1.165) is 19.3 Å². The van der Waals surface area contributed by atoms with Crippen LogP contribution >= 0.6 is 8.25 Å². The molecule has 1 rings (SSSR count). The molecule has 0 aliphatic heterocycles. The first-order valence-corrected chi connectivity index (χ1v) is 4.41. The Kier molecular flexibility index (Phi) is 3.00. The maximum atomic E-state index is 10.2. The van der Waals surface area contributed by atoms with Gasteiger partial charge in [0.2, 0.25) is 0 Å². The van der Waals surface area contributed by atoms with Gasteiger partial charge in [0.1, 0.15) is 6.10 Å². The first kappa shape index (κ1) is 7.86. The summed E-state index contributed by atoms with van der Waals surface area (Å²) in [6.45, 7) is 0. The van der Waals surface area contributed by atoms with Crippen LogP contribution in [0.4, 0.5) is 0 Å². The third-order valence-corrected chi connectivity index (χ3v) is 1.89. The van der Waals surface area contributed by atoms with Gasteiger partial charge in [-0.1, -0.05) is 12.2 Å². The highest BCUT2D eigenvalue weighted by molar-refractivity contribution is 7.32. The second-order valence-corrected chi connectivity index (χ2v) is 2.93. The molecule has 1 N–H and O–H groups in total. The second-order valence-electron chi connectivity index (χ2n) is 2.24. The molecule has 56 valence electrons. The predicted molar refractivity (Wildman–Crippen MR) is 37.7 cm³/mol. The van der Waals surface area contributed by atoms with Gasteiger partial charge in [-0.25, -0.2) is 0 Å². The number of hydrogen-bond donors (Lipinski definition) is 1. The van der Waals surface area contributed by atoms with Gasteiger partial charge in [0.25, 0.3) is 0 Å². The van der Waals surface area contributed by atoms with E-state index in [1.165, 1.54) is 0 Å². The molecule has 0 fully saturated rings. The Morgan fingerprint density at radius 2 is 2.50 bits per heavy atom. The highest BCUT2D eigenvalue weighted by Gasteiger charge is 2.21. The number of hydrogen-bond acceptors (Lipinski definition) is 2. The summed E-state index contributed by atoms with van der Waals surface area (Å²) in [4.78, 5) is 8.36. The first-order chi connectivity index (χ1) is 4.79. The van der Waals surface area contributed by atoms with Crippen molar-refractivity contribution in [1.82, 2.24) is 0 Å². The molecule has 0 amide bonds. The Labute approximate surface area is 60.7 Å². The lowest BCUT2D eigenvalue weighted by atomic mass is 10.1. The van der Waals surface area contributed by atoms with Gasteiger partial charge in [0.05, 0.1) is 0 Å². The fourth-order valence-electron chi connectivity index (χ4n) is 0.985. The van der Waals surface area contributed by atoms with E-state index in [9.17, 15) is 4.57 Å². The second kappa shape index (κ2) is 3.81. The molecule has 0 saturated carbocycles. The fraction of sp³-hybridized carbons (Fsp3) is 0.667. The lowest BCUT2D eigenvalue weighted by Gasteiger charge is -2.07. The molecule has 1 aliphatic rings. The molecule has 0 aromatic rings. The Morgan fingerprint density at radius 3 is 3.00 bits per heavy atom. The van der Waals surface area contributed by atoms with Crippen LogP contribution in [-0.2, 0) is 9.09 Å². The summed E-state index contributed by atoms with van der Waals surface area (Å²) in [5, 5.41) is 0. The van der Waals surface area contributed by atoms with Crippen molar-refractivity contribution in [3.63, 3.8) is 0 Å². The third kappa shape index (κ3) is 2.56. The summed E-state index contributed by atoms with van der Waals surface area (Å²) in [5.74, 6) is 0. The van der Waals surface area contributed by atoms with Crippen LogP contribution in [0.3, 0.4) is 0 Å². The molecule has 0 heterocycles. The molecule has 10 heavy (non-hydrogen) atoms. The molecule has 0 aromatic carbocycles. The predicted octanol–water partition coefficient (Wildman–Crippen LogP) is 1.76. The highest BCUT2D eigenvalue weighted by atomic mass is 31.1. The zero-order valence-corrected chi connectivity index (χ0v) is 6.46. The van der Waals surface area contributed by atoms with E-state index in [2.05, 4.69) is 4.52 Å². The SMILES string of the molecule is O=[P+](O)OC1C=CCCC1. The maximum absolute atomic E-state index is 10.2. The van der Waals surface area contributed by atoms with E-state index in [4.69, 9.17) is 4.89 Å². The summed E-state index contributed by atoms with van der Waals surface area (Å²) in [6, 6.07) is 0. The topological polar surface area (TPSA) is 46.5 Å². The number of allylic oxidation sites excluding steroid dienone is 1. The molecule has 0 aromatic heterocycles. The van der Waals surface area contributed by atoms with Gasteiger partial charge in [-0.05, 0) is 19.3 Å². The molecular weight excluding hydrogens is 151 g/mol. The van der Waals surface area contributed by atoms with E-state index >= 15 is 0 Å². The molecule has 1 aliphatic carbocycles. The fourth-order valence-corrected chi connectivity index (χ4v) is 1.39. The van der Waals surface area contributed by atoms with E-state index in [-0.39, 0.29) is 6.10 Å². The molecule has 2 unspecified atom stereocenters. The van der Waals surface area contributed by atoms with Gasteiger partial charge in [0, 0.05) is 4.57 Å². The quantitative estimate of drug-likeness (QED) is 0.495. The van der Waals surface area contributed by atoms with Crippen molar-refractivity contribution in [2.24, 2.45) is 0 Å². The minimum absolute atomic E-state index is 0.137. The van der Waals surface area contributed by atoms with Crippen LogP contribution in [0.1, 0.15) is 19.3 Å². The van der Waals surface area contributed by atoms with Crippen molar-refractivity contribution in [2.45, 2.75) is 25.4 Å². The minimum Gasteiger partial charge on any atom is -0.133 e. The Bertz CT molecular complexity index is 155. The summed E-state index contributed by atoms with van der Waals surface area (Å²) in [6.07, 6.45) is 6.65. The van der Waals surface area contributed by atoms with Gasteiger partial charge in [-0.2, -0.15) is 0 Å². The average molecular weight is 161 g/mol. The zero-order chi connectivity index (χ0) is 7.40. The van der Waals surface area contributed by atoms with Gasteiger partial charge in [-0.3, -0.25) is 0 Å². The largest absolute Gasteiger partial charge is 0.695 e. The van der Waals surface area contributed by atoms with Crippen LogP contribution in [0.2, 0.25) is 0 Å². The van der Waals surface area contributed by atoms with E-state index < -0.39 is 8.25 Å². The maximum Gasteiger partial charge on any atom is 0.695 e. The van der Waals surface area contributed by atoms with Gasteiger partial charge >= 0.3 is 8.25 Å². The summed E-state index contributed by atoms with van der Waals surface area (Å²) >= 11 is 0. The summed E-state index contributed by atoms with van der Waals surface area (Å²) in [5.41, 5.74) is 0. The third-order valence-electron chi connectivity index (χ3n) is 1.44. The smallest absolute Gasteiger partial charge is 0.133 e. The molecule has 0 saturated heterocycles. The van der Waals surface area contributed by atoms with E-state index in [1.54, 1.807) is 0 Å². The lowest BCUT2D eigenvalue weighted by molar-refractivity contribution is 0.213. The zero-order valence-electron chi connectivity index (χ0n) is 5.56. The Balaban J connectivity index is 2.33. The van der Waals surface area contributed by atoms with Crippen LogP contribution in [0.5, 0.6) is 0 Å². The van der Waals surface area contributed by atoms with Crippen LogP contribution in [0, 0.1) is 0 Å². The van der Waals surface area contributed by atoms with Crippen LogP contribution in [0.15, 0.2) is 12.2 Å². The molecule has 3 nitrogen and oxygen atoms in total. The highest BCUT2D eigenvalue weighted by Crippen LogP contribution is 2.24. The van der Waals surface area contributed by atoms with Crippen molar-refractivity contribution in [3.05, 3.63) is 12.2 Å². The molecule has 2 atom stereocenters. The van der Waals surface area contributed by atoms with Crippen molar-refractivity contribution in [2.75, 3.05) is 0 Å². The Hall–Kier alpha value is -0.240. The summed E-state index contributed by atoms with van der Waals surface area (Å²) < 4.78 is 14.8. The molecule has 0 spiro atoms. The monoisotopic (exact) mass is 161 g/mol. The van der Waals surface area contributed by atoms with Gasteiger partial charge in [-0.15, -0.1) is 9.42 Å². The lowest BCUT2D eigenvalue weighted by Crippen LogP contribution is -2.07. The molecular formula is C6H10O3P+. The van der Waals surface area contributed by atoms with E-state index in [0.29, 0.717) is 0 Å². The van der Waals surface area contributed by atoms with Gasteiger partial charge in [0.15, 0.2) is 0 Å². The summed E-state index contributed by atoms with van der Waals surface area (Å²) in [7, 11) is -2.42. The molecule has 0 bridgehead atoms. The van der Waals surface area contributed by atoms with Crippen molar-refractivity contribution in [3.8, 4) is 0 Å². The Morgan fingerprint density at radius 1 is 1.70 bits per heavy atom. The van der Waals surface area contributed by atoms with E-state index in [1.807, 2.05) is 12.2 Å². The molecule has 0 radical (unpaired) electrons. The minimum atomic E-state index is -2.42. The van der Waals surface area contributed by atoms with Crippen LogP contribution in [0.25, 0.3) is 0 Å². The average Bonchev–Trinajstić information content (AvgIpc) is 1.88. The number of rotatable bonds is 2. The van der Waals surface area contributed by atoms with Crippen molar-refractivity contribution < 1.29 is 14.0 Å². The normalized spacial score (nSPS) is 26.5. The van der Waals surface area contributed by atoms with Crippen LogP contribution in [-0.4, -0.2) is 11.0 Å². The van der Waals surface area contributed by atoms with Crippen molar-refractivity contribution in [1.29, 1.82) is 0 Å². The van der Waals surface area contributed by atoms with Gasteiger partial charge < -0.3 is 0 Å². The molecule has 4 heteroatoms. The van der Waals surface area contributed by atoms with Crippen LogP contribution < -0.4 is 0 Å². The standard InChI is InChI=1S/C6H9O3P/c7-10(8)9-6-4-2-1-3-5-6/h2,4,6H,1,3,5H2/p+1.